The summed E-state index contributed by atoms with van der Waals surface area (Å²) in [6.45, 7) is 3.91. The van der Waals surface area contributed by atoms with Gasteiger partial charge in [0.2, 0.25) is 5.91 Å². The number of carboxylic acid groups (broad SMARTS) is 1. The Hall–Kier alpha value is -4.36. The largest absolute Gasteiger partial charge is 0.496 e. The number of hydrogen-bond acceptors (Lipinski definition) is 4. The van der Waals surface area contributed by atoms with Gasteiger partial charge in [-0.25, -0.2) is 0 Å². The van der Waals surface area contributed by atoms with Crippen LogP contribution in [0.5, 0.6) is 5.75 Å². The molecule has 2 atom stereocenters. The number of nitrogens with zero attached hydrogens (tertiary/aromatic N) is 1. The van der Waals surface area contributed by atoms with Crippen molar-refractivity contribution < 1.29 is 19.4 Å². The minimum absolute atomic E-state index is 0.269. The van der Waals surface area contributed by atoms with E-state index in [2.05, 4.69) is 5.32 Å². The molecule has 0 saturated carbocycles. The third-order valence-electron chi connectivity index (χ3n) is 7.46. The first-order valence-electron chi connectivity index (χ1n) is 14.4. The van der Waals surface area contributed by atoms with Crippen molar-refractivity contribution in [2.75, 3.05) is 7.11 Å². The van der Waals surface area contributed by atoms with Crippen molar-refractivity contribution in [2.45, 2.75) is 58.0 Å². The van der Waals surface area contributed by atoms with E-state index in [9.17, 15) is 19.5 Å². The number of carbonyl (C=O) groups is 2. The number of ether oxygens (including phenoxy) is 1. The Morgan fingerprint density at radius 1 is 1.00 bits per heavy atom. The number of rotatable bonds is 13. The lowest BCUT2D eigenvalue weighted by Crippen LogP contribution is -2.40. The second kappa shape index (κ2) is 14.7. The van der Waals surface area contributed by atoms with Crippen LogP contribution >= 0.6 is 11.6 Å². The van der Waals surface area contributed by atoms with Gasteiger partial charge in [-0.3, -0.25) is 14.4 Å². The molecule has 1 aromatic heterocycles. The highest BCUT2D eigenvalue weighted by atomic mass is 35.5. The summed E-state index contributed by atoms with van der Waals surface area (Å²) in [4.78, 5) is 39.7. The van der Waals surface area contributed by atoms with Crippen LogP contribution in [0.1, 0.15) is 66.9 Å². The van der Waals surface area contributed by atoms with Gasteiger partial charge in [0.1, 0.15) is 11.8 Å². The number of carbonyl (C=O) groups excluding carboxylic acids is 1. The molecule has 2 N–H and O–H groups in total. The fourth-order valence-corrected chi connectivity index (χ4v) is 5.52. The molecule has 0 saturated heterocycles. The number of hydrogen-bond donors (Lipinski definition) is 2. The van der Waals surface area contributed by atoms with Crippen LogP contribution in [0.25, 0.3) is 11.1 Å². The molecule has 0 spiro atoms. The lowest BCUT2D eigenvalue weighted by Gasteiger charge is -2.25. The summed E-state index contributed by atoms with van der Waals surface area (Å²) in [5.74, 6) is -0.767. The number of aryl methyl sites for hydroxylation is 1. The van der Waals surface area contributed by atoms with Gasteiger partial charge < -0.3 is 19.7 Å². The maximum atomic E-state index is 14.0. The molecule has 8 heteroatoms. The lowest BCUT2D eigenvalue weighted by molar-refractivity contribution is -0.138. The van der Waals surface area contributed by atoms with Gasteiger partial charge in [-0.15, -0.1) is 0 Å². The first-order chi connectivity index (χ1) is 20.7. The first kappa shape index (κ1) is 31.6. The number of halogens is 1. The van der Waals surface area contributed by atoms with Crippen LogP contribution in [-0.4, -0.2) is 28.7 Å². The molecular formula is C35H37ClN2O5. The molecule has 1 heterocycles. The van der Waals surface area contributed by atoms with E-state index in [-0.39, 0.29) is 12.0 Å². The molecule has 0 unspecified atom stereocenters. The molecule has 4 rings (SSSR count). The number of benzene rings is 3. The predicted octanol–water partition coefficient (Wildman–Crippen LogP) is 7.14. The predicted molar refractivity (Wildman–Crippen MR) is 170 cm³/mol. The van der Waals surface area contributed by atoms with Gasteiger partial charge in [-0.05, 0) is 59.9 Å². The highest BCUT2D eigenvalue weighted by Crippen LogP contribution is 2.32. The summed E-state index contributed by atoms with van der Waals surface area (Å²) >= 11 is 6.38. The van der Waals surface area contributed by atoms with Crippen molar-refractivity contribution >= 4 is 23.5 Å². The van der Waals surface area contributed by atoms with E-state index >= 15 is 0 Å². The SMILES string of the molecule is CCCC[C@@H](C(=O)N[C@@H](CC(=O)O)c1cccc(-c2ccccc2OC)c1)n1cc(C)cc(Cc2ccccc2Cl)c1=O. The van der Waals surface area contributed by atoms with E-state index in [1.807, 2.05) is 80.6 Å². The van der Waals surface area contributed by atoms with Crippen LogP contribution < -0.4 is 15.6 Å². The zero-order valence-electron chi connectivity index (χ0n) is 24.7. The van der Waals surface area contributed by atoms with Crippen LogP contribution in [0.3, 0.4) is 0 Å². The van der Waals surface area contributed by atoms with Crippen LogP contribution in [-0.2, 0) is 16.0 Å². The standard InChI is InChI=1S/C35H37ClN2O5/c1-4-5-16-31(38-22-23(2)18-27(35(38)42)20-25-11-6-8-15-29(25)36)34(41)37-30(21-33(39)40)26-13-10-12-24(19-26)28-14-7-9-17-32(28)43-3/h6-15,17-19,22,30-31H,4-5,16,20-21H2,1-3H3,(H,37,41)(H,39,40)/t30-,31-/m0/s1. The number of methoxy groups -OCH3 is 1. The van der Waals surface area contributed by atoms with Gasteiger partial charge in [0.25, 0.3) is 5.56 Å². The molecule has 4 aromatic rings. The Bertz CT molecular complexity index is 1650. The minimum atomic E-state index is -1.05. The maximum absolute atomic E-state index is 14.0. The number of aliphatic carboxylic acids is 1. The average Bonchev–Trinajstić information content (AvgIpc) is 3.00. The molecule has 43 heavy (non-hydrogen) atoms. The Balaban J connectivity index is 1.69. The van der Waals surface area contributed by atoms with Gasteiger partial charge in [-0.1, -0.05) is 86.0 Å². The molecule has 7 nitrogen and oxygen atoms in total. The summed E-state index contributed by atoms with van der Waals surface area (Å²) in [6.07, 6.45) is 3.69. The molecule has 0 fully saturated rings. The van der Waals surface area contributed by atoms with E-state index in [1.54, 1.807) is 25.4 Å². The number of aromatic nitrogens is 1. The molecule has 0 aliphatic rings. The van der Waals surface area contributed by atoms with E-state index in [0.29, 0.717) is 41.2 Å². The third kappa shape index (κ3) is 7.93. The first-order valence-corrected chi connectivity index (χ1v) is 14.8. The molecule has 0 bridgehead atoms. The highest BCUT2D eigenvalue weighted by Gasteiger charge is 2.27. The fraction of sp³-hybridized carbons (Fsp3) is 0.286. The molecule has 0 radical (unpaired) electrons. The molecule has 1 amide bonds. The zero-order chi connectivity index (χ0) is 30.9. The summed E-state index contributed by atoms with van der Waals surface area (Å²) in [5.41, 5.74) is 4.26. The summed E-state index contributed by atoms with van der Waals surface area (Å²) in [5, 5.41) is 13.3. The Kier molecular flexibility index (Phi) is 10.8. The van der Waals surface area contributed by atoms with Crippen molar-refractivity contribution in [3.8, 4) is 16.9 Å². The Morgan fingerprint density at radius 2 is 1.74 bits per heavy atom. The normalized spacial score (nSPS) is 12.4. The van der Waals surface area contributed by atoms with Crippen LogP contribution in [0.15, 0.2) is 89.9 Å². The van der Waals surface area contributed by atoms with Crippen molar-refractivity contribution in [3.63, 3.8) is 0 Å². The smallest absolute Gasteiger partial charge is 0.305 e. The monoisotopic (exact) mass is 600 g/mol. The third-order valence-corrected chi connectivity index (χ3v) is 7.83. The molecule has 0 aliphatic heterocycles. The second-order valence-corrected chi connectivity index (χ2v) is 11.1. The summed E-state index contributed by atoms with van der Waals surface area (Å²) < 4.78 is 7.01. The van der Waals surface area contributed by atoms with Crippen molar-refractivity contribution in [2.24, 2.45) is 0 Å². The summed E-state index contributed by atoms with van der Waals surface area (Å²) in [7, 11) is 1.60. The molecule has 0 aliphatic carbocycles. The fourth-order valence-electron chi connectivity index (χ4n) is 5.32. The number of nitrogens with one attached hydrogen (secondary N) is 1. The number of para-hydroxylation sites is 1. The Labute approximate surface area is 257 Å². The number of pyridine rings is 1. The van der Waals surface area contributed by atoms with E-state index in [0.717, 1.165) is 28.7 Å². The van der Waals surface area contributed by atoms with E-state index < -0.39 is 24.0 Å². The molecular weight excluding hydrogens is 564 g/mol. The second-order valence-electron chi connectivity index (χ2n) is 10.7. The topological polar surface area (TPSA) is 97.6 Å². The molecule has 224 valence electrons. The summed E-state index contributed by atoms with van der Waals surface area (Å²) in [6, 6.07) is 22.6. The van der Waals surface area contributed by atoms with Crippen LogP contribution in [0.4, 0.5) is 0 Å². The van der Waals surface area contributed by atoms with Crippen LogP contribution in [0.2, 0.25) is 5.02 Å². The van der Waals surface area contributed by atoms with Crippen molar-refractivity contribution in [1.29, 1.82) is 0 Å². The van der Waals surface area contributed by atoms with Gasteiger partial charge in [0.15, 0.2) is 0 Å². The molecule has 3 aromatic carbocycles. The number of unbranched alkanes of at least 4 members (excludes halogenated alkanes) is 1. The van der Waals surface area contributed by atoms with Crippen molar-refractivity contribution in [3.05, 3.63) is 123 Å². The zero-order valence-corrected chi connectivity index (χ0v) is 25.4. The van der Waals surface area contributed by atoms with Gasteiger partial charge in [0.05, 0.1) is 19.6 Å². The highest BCUT2D eigenvalue weighted by molar-refractivity contribution is 6.31. The quantitative estimate of drug-likeness (QED) is 0.170. The number of amides is 1. The van der Waals surface area contributed by atoms with Gasteiger partial charge in [-0.2, -0.15) is 0 Å². The van der Waals surface area contributed by atoms with Gasteiger partial charge >= 0.3 is 5.97 Å². The van der Waals surface area contributed by atoms with Crippen LogP contribution in [0, 0.1) is 6.92 Å². The maximum Gasteiger partial charge on any atom is 0.305 e. The van der Waals surface area contributed by atoms with Crippen molar-refractivity contribution in [1.82, 2.24) is 9.88 Å². The van der Waals surface area contributed by atoms with Gasteiger partial charge in [0, 0.05) is 28.8 Å². The van der Waals surface area contributed by atoms with E-state index in [4.69, 9.17) is 16.3 Å². The average molecular weight is 601 g/mol. The van der Waals surface area contributed by atoms with E-state index in [1.165, 1.54) is 4.57 Å². The number of carboxylic acids is 1. The Morgan fingerprint density at radius 3 is 2.47 bits per heavy atom. The minimum Gasteiger partial charge on any atom is -0.496 e. The lowest BCUT2D eigenvalue weighted by atomic mass is 9.96.